The van der Waals surface area contributed by atoms with Crippen molar-refractivity contribution in [3.8, 4) is 0 Å². The Bertz CT molecular complexity index is 468. The molecule has 1 aliphatic heterocycles. The van der Waals surface area contributed by atoms with E-state index in [9.17, 15) is 0 Å². The summed E-state index contributed by atoms with van der Waals surface area (Å²) < 4.78 is 5.34. The SMILES string of the molecule is COCC1CCCN(c2ccc(CNC3CC3)cc2C)C1. The van der Waals surface area contributed by atoms with Gasteiger partial charge < -0.3 is 15.0 Å². The van der Waals surface area contributed by atoms with Gasteiger partial charge in [0.1, 0.15) is 0 Å². The Hall–Kier alpha value is -1.06. The smallest absolute Gasteiger partial charge is 0.0507 e. The van der Waals surface area contributed by atoms with Crippen molar-refractivity contribution in [3.05, 3.63) is 29.3 Å². The first-order valence-electron chi connectivity index (χ1n) is 8.33. The molecule has 2 aliphatic rings. The minimum absolute atomic E-state index is 0.680. The van der Waals surface area contributed by atoms with Crippen LogP contribution >= 0.6 is 0 Å². The lowest BCUT2D eigenvalue weighted by molar-refractivity contribution is 0.143. The number of nitrogens with zero attached hydrogens (tertiary/aromatic N) is 1. The molecule has 1 unspecified atom stereocenters. The number of hydrogen-bond donors (Lipinski definition) is 1. The van der Waals surface area contributed by atoms with Gasteiger partial charge in [-0.25, -0.2) is 0 Å². The monoisotopic (exact) mass is 288 g/mol. The lowest BCUT2D eigenvalue weighted by Gasteiger charge is -2.35. The zero-order valence-corrected chi connectivity index (χ0v) is 13.4. The Morgan fingerprint density at radius 3 is 2.86 bits per heavy atom. The fourth-order valence-electron chi connectivity index (χ4n) is 3.39. The number of hydrogen-bond acceptors (Lipinski definition) is 3. The Labute approximate surface area is 128 Å². The molecular weight excluding hydrogens is 260 g/mol. The molecule has 1 aliphatic carbocycles. The Kier molecular flexibility index (Phi) is 4.81. The van der Waals surface area contributed by atoms with E-state index in [1.807, 2.05) is 7.11 Å². The van der Waals surface area contributed by atoms with Crippen molar-refractivity contribution >= 4 is 5.69 Å². The van der Waals surface area contributed by atoms with Crippen molar-refractivity contribution in [1.82, 2.24) is 5.32 Å². The summed E-state index contributed by atoms with van der Waals surface area (Å²) in [4.78, 5) is 2.54. The lowest BCUT2D eigenvalue weighted by Crippen LogP contribution is -2.37. The van der Waals surface area contributed by atoms with E-state index in [-0.39, 0.29) is 0 Å². The molecule has 1 saturated carbocycles. The molecule has 0 radical (unpaired) electrons. The maximum atomic E-state index is 5.34. The summed E-state index contributed by atoms with van der Waals surface area (Å²) in [7, 11) is 1.81. The number of anilines is 1. The number of nitrogens with one attached hydrogen (secondary N) is 1. The van der Waals surface area contributed by atoms with Crippen LogP contribution in [-0.2, 0) is 11.3 Å². The topological polar surface area (TPSA) is 24.5 Å². The zero-order valence-electron chi connectivity index (χ0n) is 13.4. The van der Waals surface area contributed by atoms with Crippen LogP contribution in [0.2, 0.25) is 0 Å². The first-order valence-corrected chi connectivity index (χ1v) is 8.33. The van der Waals surface area contributed by atoms with Crippen molar-refractivity contribution < 1.29 is 4.74 Å². The summed E-state index contributed by atoms with van der Waals surface area (Å²) in [5.41, 5.74) is 4.22. The molecule has 1 aromatic rings. The van der Waals surface area contributed by atoms with Crippen LogP contribution in [-0.4, -0.2) is 32.8 Å². The molecule has 2 fully saturated rings. The van der Waals surface area contributed by atoms with E-state index < -0.39 is 0 Å². The largest absolute Gasteiger partial charge is 0.384 e. The van der Waals surface area contributed by atoms with Crippen molar-refractivity contribution in [2.24, 2.45) is 5.92 Å². The average molecular weight is 288 g/mol. The Morgan fingerprint density at radius 2 is 2.14 bits per heavy atom. The molecule has 0 amide bonds. The van der Waals surface area contributed by atoms with Gasteiger partial charge in [-0.1, -0.05) is 12.1 Å². The van der Waals surface area contributed by atoms with Crippen LogP contribution in [0.5, 0.6) is 0 Å². The Balaban J connectivity index is 1.63. The Morgan fingerprint density at radius 1 is 1.29 bits per heavy atom. The van der Waals surface area contributed by atoms with Crippen LogP contribution < -0.4 is 10.2 Å². The minimum atomic E-state index is 0.680. The van der Waals surface area contributed by atoms with Crippen LogP contribution in [0.15, 0.2) is 18.2 Å². The van der Waals surface area contributed by atoms with Crippen LogP contribution in [0.4, 0.5) is 5.69 Å². The van der Waals surface area contributed by atoms with E-state index in [1.165, 1.54) is 49.0 Å². The maximum Gasteiger partial charge on any atom is 0.0507 e. The summed E-state index contributed by atoms with van der Waals surface area (Å²) in [5.74, 6) is 0.680. The first kappa shape index (κ1) is 14.9. The molecule has 0 spiro atoms. The van der Waals surface area contributed by atoms with Gasteiger partial charge in [0.2, 0.25) is 0 Å². The second kappa shape index (κ2) is 6.80. The van der Waals surface area contributed by atoms with Gasteiger partial charge in [-0.15, -0.1) is 0 Å². The number of benzene rings is 1. The van der Waals surface area contributed by atoms with Gasteiger partial charge in [-0.2, -0.15) is 0 Å². The van der Waals surface area contributed by atoms with Crippen molar-refractivity contribution in [3.63, 3.8) is 0 Å². The van der Waals surface area contributed by atoms with E-state index in [4.69, 9.17) is 4.74 Å². The second-order valence-electron chi connectivity index (χ2n) is 6.69. The minimum Gasteiger partial charge on any atom is -0.384 e. The van der Waals surface area contributed by atoms with Crippen molar-refractivity contribution in [2.75, 3.05) is 31.7 Å². The number of aryl methyl sites for hydroxylation is 1. The summed E-state index contributed by atoms with van der Waals surface area (Å²) in [5, 5.41) is 3.59. The van der Waals surface area contributed by atoms with E-state index in [1.54, 1.807) is 0 Å². The van der Waals surface area contributed by atoms with Crippen molar-refractivity contribution in [1.29, 1.82) is 0 Å². The fourth-order valence-corrected chi connectivity index (χ4v) is 3.39. The van der Waals surface area contributed by atoms with Gasteiger partial charge >= 0.3 is 0 Å². The van der Waals surface area contributed by atoms with E-state index >= 15 is 0 Å². The number of rotatable bonds is 6. The van der Waals surface area contributed by atoms with Gasteiger partial charge in [-0.05, 0) is 55.7 Å². The molecule has 21 heavy (non-hydrogen) atoms. The number of ether oxygens (including phenoxy) is 1. The zero-order chi connectivity index (χ0) is 14.7. The summed E-state index contributed by atoms with van der Waals surface area (Å²) in [6, 6.07) is 7.73. The van der Waals surface area contributed by atoms with E-state index in [0.717, 1.165) is 25.7 Å². The van der Waals surface area contributed by atoms with Crippen LogP contribution in [0.25, 0.3) is 0 Å². The fraction of sp³-hybridized carbons (Fsp3) is 0.667. The van der Waals surface area contributed by atoms with Crippen LogP contribution in [0, 0.1) is 12.8 Å². The summed E-state index contributed by atoms with van der Waals surface area (Å²) in [6.45, 7) is 6.46. The van der Waals surface area contributed by atoms with Gasteiger partial charge in [-0.3, -0.25) is 0 Å². The average Bonchev–Trinajstić information content (AvgIpc) is 3.30. The maximum absolute atomic E-state index is 5.34. The quantitative estimate of drug-likeness (QED) is 0.870. The van der Waals surface area contributed by atoms with Crippen LogP contribution in [0.1, 0.15) is 36.8 Å². The third kappa shape index (κ3) is 3.98. The van der Waals surface area contributed by atoms with E-state index in [0.29, 0.717) is 5.92 Å². The lowest BCUT2D eigenvalue weighted by atomic mass is 9.97. The van der Waals surface area contributed by atoms with Gasteiger partial charge in [0.15, 0.2) is 0 Å². The molecule has 1 atom stereocenters. The second-order valence-corrected chi connectivity index (χ2v) is 6.69. The molecule has 3 heteroatoms. The molecule has 116 valence electrons. The third-order valence-corrected chi connectivity index (χ3v) is 4.70. The van der Waals surface area contributed by atoms with Crippen molar-refractivity contribution in [2.45, 2.75) is 45.2 Å². The highest BCUT2D eigenvalue weighted by Gasteiger charge is 2.22. The molecular formula is C18H28N2O. The molecule has 1 saturated heterocycles. The predicted octanol–water partition coefficient (Wildman–Crippen LogP) is 3.11. The van der Waals surface area contributed by atoms with Crippen LogP contribution in [0.3, 0.4) is 0 Å². The van der Waals surface area contributed by atoms with Gasteiger partial charge in [0.05, 0.1) is 6.61 Å². The van der Waals surface area contributed by atoms with Gasteiger partial charge in [0, 0.05) is 38.5 Å². The molecule has 0 aromatic heterocycles. The van der Waals surface area contributed by atoms with Gasteiger partial charge in [0.25, 0.3) is 0 Å². The highest BCUT2D eigenvalue weighted by Crippen LogP contribution is 2.27. The first-order chi connectivity index (χ1) is 10.3. The van der Waals surface area contributed by atoms with E-state index in [2.05, 4.69) is 35.3 Å². The number of methoxy groups -OCH3 is 1. The highest BCUT2D eigenvalue weighted by atomic mass is 16.5. The molecule has 1 aromatic carbocycles. The standard InChI is InChI=1S/C18H28N2O/c1-14-10-15(11-19-17-6-7-17)5-8-18(14)20-9-3-4-16(12-20)13-21-2/h5,8,10,16-17,19H,3-4,6-7,9,11-13H2,1-2H3. The molecule has 3 rings (SSSR count). The normalized spacial score (nSPS) is 22.6. The molecule has 1 N–H and O–H groups in total. The summed E-state index contributed by atoms with van der Waals surface area (Å²) >= 11 is 0. The summed E-state index contributed by atoms with van der Waals surface area (Å²) in [6.07, 6.45) is 5.28. The molecule has 3 nitrogen and oxygen atoms in total. The molecule has 0 bridgehead atoms. The highest BCUT2D eigenvalue weighted by molar-refractivity contribution is 5.54. The molecule has 1 heterocycles. The predicted molar refractivity (Wildman–Crippen MR) is 87.9 cm³/mol. The third-order valence-electron chi connectivity index (χ3n) is 4.70. The number of piperidine rings is 1.